The standard InChI is InChI=1S/C14H12BrF2N/c15-12-3-1-2-10(6-12)8-18-9-11-4-5-13(16)7-14(11)17/h1-7,18H,8-9H2. The first kappa shape index (κ1) is 13.2. The minimum Gasteiger partial charge on any atom is -0.309 e. The molecule has 2 aromatic rings. The van der Waals surface area contributed by atoms with Crippen LogP contribution in [0.4, 0.5) is 8.78 Å². The van der Waals surface area contributed by atoms with Crippen LogP contribution in [0.1, 0.15) is 11.1 Å². The van der Waals surface area contributed by atoms with Crippen LogP contribution in [-0.2, 0) is 13.1 Å². The SMILES string of the molecule is Fc1ccc(CNCc2cccc(Br)c2)c(F)c1. The highest BCUT2D eigenvalue weighted by molar-refractivity contribution is 9.10. The van der Waals surface area contributed by atoms with Gasteiger partial charge in [0.05, 0.1) is 0 Å². The van der Waals surface area contributed by atoms with E-state index in [1.165, 1.54) is 12.1 Å². The number of nitrogens with one attached hydrogen (secondary N) is 1. The van der Waals surface area contributed by atoms with Crippen LogP contribution in [0.3, 0.4) is 0 Å². The molecule has 2 aromatic carbocycles. The van der Waals surface area contributed by atoms with Crippen LogP contribution in [0.25, 0.3) is 0 Å². The van der Waals surface area contributed by atoms with E-state index in [0.29, 0.717) is 18.7 Å². The summed E-state index contributed by atoms with van der Waals surface area (Å²) < 4.78 is 27.1. The molecule has 0 aliphatic rings. The van der Waals surface area contributed by atoms with Crippen molar-refractivity contribution < 1.29 is 8.78 Å². The number of hydrogen-bond acceptors (Lipinski definition) is 1. The van der Waals surface area contributed by atoms with Crippen LogP contribution in [0.5, 0.6) is 0 Å². The third kappa shape index (κ3) is 3.62. The zero-order valence-electron chi connectivity index (χ0n) is 9.59. The molecular weight excluding hydrogens is 300 g/mol. The monoisotopic (exact) mass is 311 g/mol. The van der Waals surface area contributed by atoms with Crippen molar-refractivity contribution in [1.29, 1.82) is 0 Å². The van der Waals surface area contributed by atoms with Gasteiger partial charge in [-0.05, 0) is 23.8 Å². The molecule has 0 aliphatic carbocycles. The molecule has 0 radical (unpaired) electrons. The van der Waals surface area contributed by atoms with Crippen LogP contribution >= 0.6 is 15.9 Å². The molecule has 0 unspecified atom stereocenters. The summed E-state index contributed by atoms with van der Waals surface area (Å²) in [6.07, 6.45) is 0. The molecule has 0 aromatic heterocycles. The Labute approximate surface area is 113 Å². The van der Waals surface area contributed by atoms with E-state index in [1.54, 1.807) is 0 Å². The summed E-state index contributed by atoms with van der Waals surface area (Å²) in [6, 6.07) is 11.5. The summed E-state index contributed by atoms with van der Waals surface area (Å²) in [4.78, 5) is 0. The minimum atomic E-state index is -0.553. The van der Waals surface area contributed by atoms with Gasteiger partial charge in [0.25, 0.3) is 0 Å². The molecule has 0 atom stereocenters. The molecule has 0 bridgehead atoms. The first-order valence-corrected chi connectivity index (χ1v) is 6.33. The van der Waals surface area contributed by atoms with E-state index in [2.05, 4.69) is 21.2 Å². The van der Waals surface area contributed by atoms with E-state index >= 15 is 0 Å². The van der Waals surface area contributed by atoms with Crippen molar-refractivity contribution >= 4 is 15.9 Å². The molecular formula is C14H12BrF2N. The maximum atomic E-state index is 13.4. The van der Waals surface area contributed by atoms with E-state index in [9.17, 15) is 8.78 Å². The number of rotatable bonds is 4. The van der Waals surface area contributed by atoms with Crippen molar-refractivity contribution in [2.45, 2.75) is 13.1 Å². The summed E-state index contributed by atoms with van der Waals surface area (Å²) in [7, 11) is 0. The fourth-order valence-corrected chi connectivity index (χ4v) is 2.10. The van der Waals surface area contributed by atoms with Gasteiger partial charge in [-0.2, -0.15) is 0 Å². The predicted molar refractivity (Wildman–Crippen MR) is 71.0 cm³/mol. The first-order valence-electron chi connectivity index (χ1n) is 5.54. The van der Waals surface area contributed by atoms with Gasteiger partial charge in [-0.3, -0.25) is 0 Å². The van der Waals surface area contributed by atoms with Crippen molar-refractivity contribution in [3.63, 3.8) is 0 Å². The first-order chi connectivity index (χ1) is 8.65. The number of hydrogen-bond donors (Lipinski definition) is 1. The number of benzene rings is 2. The lowest BCUT2D eigenvalue weighted by molar-refractivity contribution is 0.560. The maximum absolute atomic E-state index is 13.4. The van der Waals surface area contributed by atoms with Crippen LogP contribution in [0.15, 0.2) is 46.9 Å². The lowest BCUT2D eigenvalue weighted by Crippen LogP contribution is -2.13. The molecule has 0 aliphatic heterocycles. The van der Waals surface area contributed by atoms with Crippen molar-refractivity contribution in [1.82, 2.24) is 5.32 Å². The van der Waals surface area contributed by atoms with Gasteiger partial charge in [0.2, 0.25) is 0 Å². The highest BCUT2D eigenvalue weighted by Crippen LogP contribution is 2.12. The third-order valence-electron chi connectivity index (χ3n) is 2.55. The van der Waals surface area contributed by atoms with E-state index in [1.807, 2.05) is 24.3 Å². The van der Waals surface area contributed by atoms with Crippen LogP contribution in [0.2, 0.25) is 0 Å². The summed E-state index contributed by atoms with van der Waals surface area (Å²) in [5.41, 5.74) is 1.57. The molecule has 0 amide bonds. The highest BCUT2D eigenvalue weighted by Gasteiger charge is 2.03. The summed E-state index contributed by atoms with van der Waals surface area (Å²) >= 11 is 3.39. The Morgan fingerprint density at radius 2 is 1.83 bits per heavy atom. The lowest BCUT2D eigenvalue weighted by atomic mass is 10.2. The Hall–Kier alpha value is -1.26. The molecule has 0 saturated heterocycles. The maximum Gasteiger partial charge on any atom is 0.130 e. The molecule has 18 heavy (non-hydrogen) atoms. The van der Waals surface area contributed by atoms with Gasteiger partial charge in [0, 0.05) is 29.2 Å². The van der Waals surface area contributed by atoms with Crippen molar-refractivity contribution in [2.75, 3.05) is 0 Å². The van der Waals surface area contributed by atoms with Gasteiger partial charge >= 0.3 is 0 Å². The van der Waals surface area contributed by atoms with Gasteiger partial charge < -0.3 is 5.32 Å². The topological polar surface area (TPSA) is 12.0 Å². The van der Waals surface area contributed by atoms with Crippen molar-refractivity contribution in [3.8, 4) is 0 Å². The second-order valence-electron chi connectivity index (χ2n) is 3.97. The van der Waals surface area contributed by atoms with Gasteiger partial charge in [0.15, 0.2) is 0 Å². The van der Waals surface area contributed by atoms with E-state index < -0.39 is 11.6 Å². The molecule has 2 rings (SSSR count). The Morgan fingerprint density at radius 1 is 1.00 bits per heavy atom. The molecule has 94 valence electrons. The van der Waals surface area contributed by atoms with Gasteiger partial charge in [0.1, 0.15) is 11.6 Å². The fraction of sp³-hybridized carbons (Fsp3) is 0.143. The second kappa shape index (κ2) is 6.07. The van der Waals surface area contributed by atoms with E-state index in [0.717, 1.165) is 16.1 Å². The van der Waals surface area contributed by atoms with Crippen molar-refractivity contribution in [3.05, 3.63) is 69.7 Å². The Bertz CT molecular complexity index is 543. The number of halogens is 3. The fourth-order valence-electron chi connectivity index (χ4n) is 1.65. The lowest BCUT2D eigenvalue weighted by Gasteiger charge is -2.06. The normalized spacial score (nSPS) is 10.6. The molecule has 4 heteroatoms. The molecule has 0 saturated carbocycles. The van der Waals surface area contributed by atoms with E-state index in [4.69, 9.17) is 0 Å². The Kier molecular flexibility index (Phi) is 4.44. The molecule has 1 nitrogen and oxygen atoms in total. The van der Waals surface area contributed by atoms with Crippen LogP contribution < -0.4 is 5.32 Å². The van der Waals surface area contributed by atoms with Crippen LogP contribution in [0, 0.1) is 11.6 Å². The molecule has 1 N–H and O–H groups in total. The zero-order valence-corrected chi connectivity index (χ0v) is 11.2. The van der Waals surface area contributed by atoms with Crippen molar-refractivity contribution in [2.24, 2.45) is 0 Å². The third-order valence-corrected chi connectivity index (χ3v) is 3.04. The summed E-state index contributed by atoms with van der Waals surface area (Å²) in [5.74, 6) is -1.07. The highest BCUT2D eigenvalue weighted by atomic mass is 79.9. The smallest absolute Gasteiger partial charge is 0.130 e. The predicted octanol–water partition coefficient (Wildman–Crippen LogP) is 4.02. The quantitative estimate of drug-likeness (QED) is 0.899. The average Bonchev–Trinajstić information content (AvgIpc) is 2.32. The summed E-state index contributed by atoms with van der Waals surface area (Å²) in [6.45, 7) is 1.01. The largest absolute Gasteiger partial charge is 0.309 e. The van der Waals surface area contributed by atoms with Gasteiger partial charge in [-0.15, -0.1) is 0 Å². The molecule has 0 heterocycles. The van der Waals surface area contributed by atoms with E-state index in [-0.39, 0.29) is 0 Å². The minimum absolute atomic E-state index is 0.374. The average molecular weight is 312 g/mol. The van der Waals surface area contributed by atoms with Gasteiger partial charge in [-0.1, -0.05) is 34.1 Å². The molecule has 0 spiro atoms. The van der Waals surface area contributed by atoms with Crippen LogP contribution in [-0.4, -0.2) is 0 Å². The Balaban J connectivity index is 1.92. The summed E-state index contributed by atoms with van der Waals surface area (Å²) in [5, 5.41) is 3.12. The van der Waals surface area contributed by atoms with Gasteiger partial charge in [-0.25, -0.2) is 8.78 Å². The second-order valence-corrected chi connectivity index (χ2v) is 4.88. The molecule has 0 fully saturated rings. The zero-order chi connectivity index (χ0) is 13.0. The Morgan fingerprint density at radius 3 is 2.56 bits per heavy atom.